The molecule has 0 saturated heterocycles. The van der Waals surface area contributed by atoms with Gasteiger partial charge in [-0.25, -0.2) is 0 Å². The molecule has 5 heteroatoms. The summed E-state index contributed by atoms with van der Waals surface area (Å²) >= 11 is 0. The van der Waals surface area contributed by atoms with Crippen LogP contribution in [-0.2, 0) is 16.0 Å². The second kappa shape index (κ2) is 5.40. The Balaban J connectivity index is 2.12. The molecule has 1 aromatic rings. The Morgan fingerprint density at radius 3 is 2.58 bits per heavy atom. The van der Waals surface area contributed by atoms with Crippen LogP contribution in [0.2, 0.25) is 0 Å². The Bertz CT molecular complexity index is 495. The number of para-hydroxylation sites is 1. The molecule has 2 amide bonds. The summed E-state index contributed by atoms with van der Waals surface area (Å²) in [4.78, 5) is 23.6. The molecule has 0 aromatic heterocycles. The van der Waals surface area contributed by atoms with Crippen molar-refractivity contribution in [3.8, 4) is 0 Å². The number of likely N-dealkylation sites (N-methyl/N-ethyl adjacent to an activating group) is 1. The van der Waals surface area contributed by atoms with E-state index >= 15 is 0 Å². The molecular formula is C14H19N3O2. The molecule has 0 spiro atoms. The van der Waals surface area contributed by atoms with Crippen LogP contribution in [-0.4, -0.2) is 25.4 Å². The van der Waals surface area contributed by atoms with Gasteiger partial charge >= 0.3 is 0 Å². The van der Waals surface area contributed by atoms with Crippen molar-refractivity contribution in [2.45, 2.75) is 19.3 Å². The lowest BCUT2D eigenvalue weighted by molar-refractivity contribution is -0.121. The van der Waals surface area contributed by atoms with E-state index in [1.54, 1.807) is 7.05 Å². The monoisotopic (exact) mass is 261 g/mol. The number of rotatable bonds is 5. The molecule has 1 aliphatic carbocycles. The molecular weight excluding hydrogens is 242 g/mol. The largest absolute Gasteiger partial charge is 0.359 e. The minimum atomic E-state index is -0.389. The zero-order chi connectivity index (χ0) is 13.9. The van der Waals surface area contributed by atoms with Crippen molar-refractivity contribution in [2.24, 2.45) is 11.1 Å². The first-order valence-electron chi connectivity index (χ1n) is 6.41. The van der Waals surface area contributed by atoms with Gasteiger partial charge in [-0.05, 0) is 24.5 Å². The molecule has 1 aromatic carbocycles. The normalized spacial score (nSPS) is 15.7. The number of hydrogen-bond donors (Lipinski definition) is 3. The molecule has 0 bridgehead atoms. The molecule has 4 N–H and O–H groups in total. The van der Waals surface area contributed by atoms with Crippen molar-refractivity contribution < 1.29 is 9.59 Å². The molecule has 2 rings (SSSR count). The Hall–Kier alpha value is -1.88. The minimum Gasteiger partial charge on any atom is -0.359 e. The van der Waals surface area contributed by atoms with Crippen LogP contribution in [0.25, 0.3) is 0 Å². The number of hydrogen-bond acceptors (Lipinski definition) is 3. The first kappa shape index (κ1) is 13.5. The quantitative estimate of drug-likeness (QED) is 0.727. The molecule has 102 valence electrons. The van der Waals surface area contributed by atoms with E-state index < -0.39 is 0 Å². The van der Waals surface area contributed by atoms with E-state index in [4.69, 9.17) is 5.73 Å². The molecule has 1 fully saturated rings. The molecule has 0 unspecified atom stereocenters. The van der Waals surface area contributed by atoms with Gasteiger partial charge in [0.25, 0.3) is 0 Å². The van der Waals surface area contributed by atoms with Gasteiger partial charge in [0.2, 0.25) is 11.8 Å². The summed E-state index contributed by atoms with van der Waals surface area (Å²) in [6.45, 7) is 0.371. The van der Waals surface area contributed by atoms with E-state index in [0.717, 1.165) is 18.4 Å². The average Bonchev–Trinajstić information content (AvgIpc) is 3.22. The van der Waals surface area contributed by atoms with Crippen molar-refractivity contribution in [1.29, 1.82) is 0 Å². The van der Waals surface area contributed by atoms with E-state index in [-0.39, 0.29) is 23.7 Å². The second-order valence-corrected chi connectivity index (χ2v) is 4.95. The van der Waals surface area contributed by atoms with Gasteiger partial charge in [0.1, 0.15) is 0 Å². The number of carbonyl (C=O) groups excluding carboxylic acids is 2. The summed E-state index contributed by atoms with van der Waals surface area (Å²) in [7, 11) is 1.59. The zero-order valence-electron chi connectivity index (χ0n) is 11.0. The third-order valence-corrected chi connectivity index (χ3v) is 3.62. The summed E-state index contributed by atoms with van der Waals surface area (Å²) in [6, 6.07) is 7.34. The summed E-state index contributed by atoms with van der Waals surface area (Å²) in [5.41, 5.74) is 6.75. The Morgan fingerprint density at radius 2 is 2.00 bits per heavy atom. The number of nitrogens with one attached hydrogen (secondary N) is 2. The van der Waals surface area contributed by atoms with Crippen LogP contribution in [0, 0.1) is 5.41 Å². The van der Waals surface area contributed by atoms with Crippen LogP contribution in [0.15, 0.2) is 24.3 Å². The summed E-state index contributed by atoms with van der Waals surface area (Å²) < 4.78 is 0. The summed E-state index contributed by atoms with van der Waals surface area (Å²) in [5.74, 6) is -0.124. The first-order chi connectivity index (χ1) is 9.11. The maximum absolute atomic E-state index is 12.1. The average molecular weight is 261 g/mol. The molecule has 5 nitrogen and oxygen atoms in total. The van der Waals surface area contributed by atoms with E-state index in [1.165, 1.54) is 0 Å². The highest BCUT2D eigenvalue weighted by Crippen LogP contribution is 2.45. The molecule has 0 radical (unpaired) electrons. The van der Waals surface area contributed by atoms with Crippen molar-refractivity contribution in [3.05, 3.63) is 29.8 Å². The van der Waals surface area contributed by atoms with Crippen LogP contribution >= 0.6 is 0 Å². The maximum Gasteiger partial charge on any atom is 0.231 e. The highest BCUT2D eigenvalue weighted by molar-refractivity contribution is 5.98. The van der Waals surface area contributed by atoms with E-state index in [1.807, 2.05) is 24.3 Å². The fourth-order valence-corrected chi connectivity index (χ4v) is 1.99. The summed E-state index contributed by atoms with van der Waals surface area (Å²) in [6.07, 6.45) is 1.93. The lowest BCUT2D eigenvalue weighted by Gasteiger charge is -2.15. The highest BCUT2D eigenvalue weighted by atomic mass is 16.2. The fraction of sp³-hybridized carbons (Fsp3) is 0.429. The topological polar surface area (TPSA) is 84.2 Å². The predicted molar refractivity (Wildman–Crippen MR) is 73.6 cm³/mol. The lowest BCUT2D eigenvalue weighted by Crippen LogP contribution is -2.31. The van der Waals surface area contributed by atoms with E-state index in [2.05, 4.69) is 10.6 Å². The standard InChI is InChI=1S/C14H19N3O2/c1-16-12(18)8-10-4-2-3-5-11(10)17-13(19)14(9-15)6-7-14/h2-5H,6-9,15H2,1H3,(H,16,18)(H,17,19). The van der Waals surface area contributed by atoms with Crippen LogP contribution in [0.4, 0.5) is 5.69 Å². The van der Waals surface area contributed by atoms with Gasteiger partial charge < -0.3 is 16.4 Å². The number of anilines is 1. The molecule has 0 heterocycles. The van der Waals surface area contributed by atoms with Gasteiger partial charge in [-0.15, -0.1) is 0 Å². The third kappa shape index (κ3) is 2.93. The van der Waals surface area contributed by atoms with Gasteiger partial charge in [0.15, 0.2) is 0 Å². The smallest absolute Gasteiger partial charge is 0.231 e. The van der Waals surface area contributed by atoms with Gasteiger partial charge in [-0.2, -0.15) is 0 Å². The summed E-state index contributed by atoms with van der Waals surface area (Å²) in [5, 5.41) is 5.47. The maximum atomic E-state index is 12.1. The van der Waals surface area contributed by atoms with Crippen LogP contribution < -0.4 is 16.4 Å². The Labute approximate surface area is 112 Å². The van der Waals surface area contributed by atoms with Gasteiger partial charge in [0.05, 0.1) is 11.8 Å². The van der Waals surface area contributed by atoms with E-state index in [9.17, 15) is 9.59 Å². The number of amides is 2. The predicted octanol–water partition coefficient (Wildman–Crippen LogP) is 0.652. The van der Waals surface area contributed by atoms with Crippen molar-refractivity contribution in [3.63, 3.8) is 0 Å². The molecule has 0 atom stereocenters. The van der Waals surface area contributed by atoms with Crippen molar-refractivity contribution >= 4 is 17.5 Å². The number of carbonyl (C=O) groups is 2. The van der Waals surface area contributed by atoms with Crippen molar-refractivity contribution in [1.82, 2.24) is 5.32 Å². The minimum absolute atomic E-state index is 0.0423. The fourth-order valence-electron chi connectivity index (χ4n) is 1.99. The SMILES string of the molecule is CNC(=O)Cc1ccccc1NC(=O)C1(CN)CC1. The molecule has 0 aliphatic heterocycles. The Morgan fingerprint density at radius 1 is 1.32 bits per heavy atom. The zero-order valence-corrected chi connectivity index (χ0v) is 11.0. The first-order valence-corrected chi connectivity index (χ1v) is 6.41. The molecule has 19 heavy (non-hydrogen) atoms. The van der Waals surface area contributed by atoms with Crippen molar-refractivity contribution in [2.75, 3.05) is 18.9 Å². The van der Waals surface area contributed by atoms with Gasteiger partial charge in [0, 0.05) is 19.3 Å². The van der Waals surface area contributed by atoms with E-state index in [0.29, 0.717) is 12.2 Å². The number of benzene rings is 1. The molecule has 1 saturated carbocycles. The Kier molecular flexibility index (Phi) is 3.85. The lowest BCUT2D eigenvalue weighted by atomic mass is 10.0. The third-order valence-electron chi connectivity index (χ3n) is 3.62. The van der Waals surface area contributed by atoms with Crippen LogP contribution in [0.5, 0.6) is 0 Å². The van der Waals surface area contributed by atoms with Crippen LogP contribution in [0.1, 0.15) is 18.4 Å². The van der Waals surface area contributed by atoms with Gasteiger partial charge in [-0.3, -0.25) is 9.59 Å². The highest BCUT2D eigenvalue weighted by Gasteiger charge is 2.48. The van der Waals surface area contributed by atoms with Crippen LogP contribution in [0.3, 0.4) is 0 Å². The number of nitrogens with two attached hydrogens (primary N) is 1. The molecule has 1 aliphatic rings. The second-order valence-electron chi connectivity index (χ2n) is 4.95. The van der Waals surface area contributed by atoms with Gasteiger partial charge in [-0.1, -0.05) is 18.2 Å².